The summed E-state index contributed by atoms with van der Waals surface area (Å²) >= 11 is 0. The number of nitrogens with one attached hydrogen (secondary N) is 1. The summed E-state index contributed by atoms with van der Waals surface area (Å²) < 4.78 is 0. The van der Waals surface area contributed by atoms with Gasteiger partial charge in [-0.25, -0.2) is 0 Å². The van der Waals surface area contributed by atoms with Gasteiger partial charge in [0, 0.05) is 31.9 Å². The number of halogens is 1. The molecular formula is C16H26IN3O. The van der Waals surface area contributed by atoms with Crippen LogP contribution in [0.4, 0.5) is 5.69 Å². The summed E-state index contributed by atoms with van der Waals surface area (Å²) in [7, 11) is 0. The van der Waals surface area contributed by atoms with Crippen LogP contribution in [0.15, 0.2) is 35.3 Å². The number of hydrogen-bond acceptors (Lipinski definition) is 2. The number of hydrogen-bond donors (Lipinski definition) is 2. The van der Waals surface area contributed by atoms with Gasteiger partial charge >= 0.3 is 0 Å². The second-order valence-corrected chi connectivity index (χ2v) is 5.49. The molecule has 0 aromatic heterocycles. The second-order valence-electron chi connectivity index (χ2n) is 5.49. The van der Waals surface area contributed by atoms with E-state index in [9.17, 15) is 0 Å². The van der Waals surface area contributed by atoms with E-state index in [1.54, 1.807) is 0 Å². The van der Waals surface area contributed by atoms with Gasteiger partial charge in [0.15, 0.2) is 5.96 Å². The monoisotopic (exact) mass is 403 g/mol. The van der Waals surface area contributed by atoms with Gasteiger partial charge in [0.1, 0.15) is 0 Å². The minimum absolute atomic E-state index is 0. The van der Waals surface area contributed by atoms with Gasteiger partial charge in [-0.1, -0.05) is 25.1 Å². The van der Waals surface area contributed by atoms with Crippen LogP contribution in [-0.4, -0.2) is 42.2 Å². The van der Waals surface area contributed by atoms with E-state index in [1.807, 2.05) is 25.1 Å². The molecule has 0 saturated carbocycles. The fraction of sp³-hybridized carbons (Fsp3) is 0.562. The van der Waals surface area contributed by atoms with Crippen molar-refractivity contribution < 1.29 is 5.11 Å². The Morgan fingerprint density at radius 2 is 1.90 bits per heavy atom. The third kappa shape index (κ3) is 6.22. The number of benzene rings is 1. The van der Waals surface area contributed by atoms with Gasteiger partial charge in [-0.2, -0.15) is 0 Å². The van der Waals surface area contributed by atoms with Crippen LogP contribution >= 0.6 is 24.0 Å². The molecule has 21 heavy (non-hydrogen) atoms. The maximum atomic E-state index is 9.14. The van der Waals surface area contributed by atoms with Crippen LogP contribution in [0.5, 0.6) is 0 Å². The summed E-state index contributed by atoms with van der Waals surface area (Å²) in [6.45, 7) is 4.97. The number of nitrogens with zero attached hydrogens (tertiary/aromatic N) is 2. The van der Waals surface area contributed by atoms with E-state index < -0.39 is 0 Å². The number of aliphatic hydroxyl groups excluding tert-OH is 1. The predicted molar refractivity (Wildman–Crippen MR) is 99.5 cm³/mol. The van der Waals surface area contributed by atoms with E-state index in [2.05, 4.69) is 27.3 Å². The molecule has 1 heterocycles. The zero-order chi connectivity index (χ0) is 14.2. The molecule has 0 amide bonds. The van der Waals surface area contributed by atoms with E-state index in [0.717, 1.165) is 24.7 Å². The van der Waals surface area contributed by atoms with Gasteiger partial charge in [-0.15, -0.1) is 24.0 Å². The Morgan fingerprint density at radius 3 is 2.52 bits per heavy atom. The SMILES string of the molecule is CC(CO)CN=C(Nc1ccccc1)N1CCCCC1.I. The highest BCUT2D eigenvalue weighted by Crippen LogP contribution is 2.13. The smallest absolute Gasteiger partial charge is 0.198 e. The maximum Gasteiger partial charge on any atom is 0.198 e. The van der Waals surface area contributed by atoms with Crippen LogP contribution in [-0.2, 0) is 0 Å². The molecule has 1 saturated heterocycles. The van der Waals surface area contributed by atoms with Crippen molar-refractivity contribution in [2.75, 3.05) is 31.6 Å². The van der Waals surface area contributed by atoms with Gasteiger partial charge in [0.05, 0.1) is 0 Å². The molecule has 1 fully saturated rings. The summed E-state index contributed by atoms with van der Waals surface area (Å²) in [5.41, 5.74) is 1.06. The van der Waals surface area contributed by atoms with E-state index in [0.29, 0.717) is 6.54 Å². The van der Waals surface area contributed by atoms with Crippen LogP contribution in [0.3, 0.4) is 0 Å². The van der Waals surface area contributed by atoms with Crippen LogP contribution < -0.4 is 5.32 Å². The molecule has 0 spiro atoms. The standard InChI is InChI=1S/C16H25N3O.HI/c1-14(13-20)12-17-16(19-10-6-3-7-11-19)18-15-8-4-2-5-9-15;/h2,4-5,8-9,14,20H,3,6-7,10-13H2,1H3,(H,17,18);1H. The third-order valence-electron chi connectivity index (χ3n) is 3.55. The number of aliphatic hydroxyl groups is 1. The van der Waals surface area contributed by atoms with Crippen molar-refractivity contribution in [2.45, 2.75) is 26.2 Å². The summed E-state index contributed by atoms with van der Waals surface area (Å²) in [4.78, 5) is 7.00. The fourth-order valence-electron chi connectivity index (χ4n) is 2.27. The zero-order valence-electron chi connectivity index (χ0n) is 12.7. The first-order chi connectivity index (χ1) is 9.79. The number of para-hydroxylation sites is 1. The number of anilines is 1. The van der Waals surface area contributed by atoms with Crippen molar-refractivity contribution in [3.8, 4) is 0 Å². The molecule has 1 aliphatic heterocycles. The predicted octanol–water partition coefficient (Wildman–Crippen LogP) is 3.19. The van der Waals surface area contributed by atoms with Gasteiger partial charge in [0.2, 0.25) is 0 Å². The first kappa shape index (κ1) is 18.2. The van der Waals surface area contributed by atoms with Crippen LogP contribution in [0.2, 0.25) is 0 Å². The van der Waals surface area contributed by atoms with E-state index in [4.69, 9.17) is 5.11 Å². The van der Waals surface area contributed by atoms with Crippen molar-refractivity contribution in [2.24, 2.45) is 10.9 Å². The summed E-state index contributed by atoms with van der Waals surface area (Å²) in [5, 5.41) is 12.6. The lowest BCUT2D eigenvalue weighted by Gasteiger charge is -2.30. The van der Waals surface area contributed by atoms with Crippen molar-refractivity contribution >= 4 is 35.6 Å². The topological polar surface area (TPSA) is 47.9 Å². The highest BCUT2D eigenvalue weighted by molar-refractivity contribution is 14.0. The third-order valence-corrected chi connectivity index (χ3v) is 3.55. The molecule has 0 bridgehead atoms. The highest BCUT2D eigenvalue weighted by Gasteiger charge is 2.15. The van der Waals surface area contributed by atoms with Crippen molar-refractivity contribution in [1.29, 1.82) is 0 Å². The molecule has 5 heteroatoms. The molecule has 2 rings (SSSR count). The largest absolute Gasteiger partial charge is 0.396 e. The summed E-state index contributed by atoms with van der Waals surface area (Å²) in [6, 6.07) is 10.2. The highest BCUT2D eigenvalue weighted by atomic mass is 127. The molecule has 4 nitrogen and oxygen atoms in total. The first-order valence-corrected chi connectivity index (χ1v) is 7.52. The molecule has 1 aliphatic rings. The number of aliphatic imine (C=N–C) groups is 1. The average Bonchev–Trinajstić information content (AvgIpc) is 2.53. The lowest BCUT2D eigenvalue weighted by Crippen LogP contribution is -2.40. The molecule has 1 unspecified atom stereocenters. The van der Waals surface area contributed by atoms with Crippen LogP contribution in [0.25, 0.3) is 0 Å². The molecule has 1 aromatic carbocycles. The molecule has 1 aromatic rings. The second kappa shape index (κ2) is 10.00. The molecule has 2 N–H and O–H groups in total. The van der Waals surface area contributed by atoms with Gasteiger partial charge < -0.3 is 15.3 Å². The van der Waals surface area contributed by atoms with E-state index in [-0.39, 0.29) is 36.5 Å². The van der Waals surface area contributed by atoms with Crippen molar-refractivity contribution in [3.63, 3.8) is 0 Å². The van der Waals surface area contributed by atoms with Crippen molar-refractivity contribution in [1.82, 2.24) is 4.90 Å². The Labute approximate surface area is 144 Å². The molecular weight excluding hydrogens is 377 g/mol. The Morgan fingerprint density at radius 1 is 1.24 bits per heavy atom. The lowest BCUT2D eigenvalue weighted by molar-refractivity contribution is 0.241. The number of piperidine rings is 1. The van der Waals surface area contributed by atoms with Crippen LogP contribution in [0, 0.1) is 5.92 Å². The van der Waals surface area contributed by atoms with Gasteiger partial charge in [0.25, 0.3) is 0 Å². The zero-order valence-corrected chi connectivity index (χ0v) is 15.0. The van der Waals surface area contributed by atoms with Crippen molar-refractivity contribution in [3.05, 3.63) is 30.3 Å². The van der Waals surface area contributed by atoms with Gasteiger partial charge in [-0.3, -0.25) is 4.99 Å². The number of guanidine groups is 1. The normalized spacial score (nSPS) is 17.0. The Kier molecular flexibility index (Phi) is 8.68. The summed E-state index contributed by atoms with van der Waals surface area (Å²) in [6.07, 6.45) is 3.76. The maximum absolute atomic E-state index is 9.14. The molecule has 118 valence electrons. The van der Waals surface area contributed by atoms with Crippen LogP contribution in [0.1, 0.15) is 26.2 Å². The van der Waals surface area contributed by atoms with E-state index in [1.165, 1.54) is 19.3 Å². The molecule has 0 radical (unpaired) electrons. The Balaban J connectivity index is 0.00000220. The fourth-order valence-corrected chi connectivity index (χ4v) is 2.27. The Hall–Kier alpha value is -0.820. The average molecular weight is 403 g/mol. The minimum atomic E-state index is 0. The first-order valence-electron chi connectivity index (χ1n) is 7.52. The van der Waals surface area contributed by atoms with Gasteiger partial charge in [-0.05, 0) is 37.3 Å². The van der Waals surface area contributed by atoms with E-state index >= 15 is 0 Å². The Bertz CT molecular complexity index is 419. The molecule has 1 atom stereocenters. The lowest BCUT2D eigenvalue weighted by atomic mass is 10.1. The summed E-state index contributed by atoms with van der Waals surface area (Å²) in [5.74, 6) is 1.14. The quantitative estimate of drug-likeness (QED) is 0.461. The number of rotatable bonds is 4. The minimum Gasteiger partial charge on any atom is -0.396 e. The molecule has 0 aliphatic carbocycles. The number of likely N-dealkylation sites (tertiary alicyclic amines) is 1.